The van der Waals surface area contributed by atoms with Crippen LogP contribution < -0.4 is 16.0 Å². The van der Waals surface area contributed by atoms with Crippen molar-refractivity contribution in [3.63, 3.8) is 0 Å². The Morgan fingerprint density at radius 1 is 0.265 bits per heavy atom. The smallest absolute Gasteiger partial charge is 0.309 e. The summed E-state index contributed by atoms with van der Waals surface area (Å²) in [4.78, 5) is 56.2. The molecule has 0 aliphatic rings. The van der Waals surface area contributed by atoms with Crippen LogP contribution in [-0.2, 0) is 19.2 Å². The molecule has 0 radical (unpaired) electrons. The molecule has 3 amide bonds. The van der Waals surface area contributed by atoms with E-state index in [4.69, 9.17) is 0 Å². The van der Waals surface area contributed by atoms with Gasteiger partial charge in [0.25, 0.3) is 0 Å². The highest BCUT2D eigenvalue weighted by atomic mass is 16.4. The Balaban J connectivity index is 7.14. The fourth-order valence-electron chi connectivity index (χ4n) is 16.2. The lowest BCUT2D eigenvalue weighted by Gasteiger charge is -2.32. The van der Waals surface area contributed by atoms with E-state index >= 15 is 9.59 Å². The van der Waals surface area contributed by atoms with Gasteiger partial charge in [0.1, 0.15) is 0 Å². The second-order valence-electron chi connectivity index (χ2n) is 35.6. The molecule has 6 unspecified atom stereocenters. The zero-order valence-electron chi connectivity index (χ0n) is 71.5. The van der Waals surface area contributed by atoms with E-state index in [1.807, 2.05) is 0 Å². The topological polar surface area (TPSA) is 125 Å². The van der Waals surface area contributed by atoms with Gasteiger partial charge < -0.3 is 34.5 Å². The molecule has 0 spiro atoms. The lowest BCUT2D eigenvalue weighted by Crippen LogP contribution is -2.43. The Hall–Kier alpha value is -2.24. The van der Waals surface area contributed by atoms with Gasteiger partial charge in [-0.05, 0) is 82.0 Å². The van der Waals surface area contributed by atoms with Crippen LogP contribution in [0, 0.1) is 35.5 Å². The molecule has 606 valence electrons. The minimum absolute atomic E-state index is 0.0744. The van der Waals surface area contributed by atoms with Gasteiger partial charge in [-0.15, -0.1) is 0 Å². The first-order valence-corrected chi connectivity index (χ1v) is 45.7. The summed E-state index contributed by atoms with van der Waals surface area (Å²) in [7, 11) is 13.5. The number of aliphatic carboxylic acids is 1. The van der Waals surface area contributed by atoms with Crippen molar-refractivity contribution >= 4 is 23.7 Å². The third-order valence-electron chi connectivity index (χ3n) is 23.8. The van der Waals surface area contributed by atoms with E-state index in [1.54, 1.807) is 0 Å². The van der Waals surface area contributed by atoms with Crippen molar-refractivity contribution < 1.29 is 37.7 Å². The molecule has 0 bridgehead atoms. The Morgan fingerprint density at radius 3 is 0.814 bits per heavy atom. The number of hydrogen-bond acceptors (Lipinski definition) is 4. The second-order valence-corrected chi connectivity index (χ2v) is 35.6. The average molecular weight is 1440 g/mol. The number of carboxylic acids is 1. The van der Waals surface area contributed by atoms with Crippen LogP contribution in [0.15, 0.2) is 0 Å². The number of amides is 3. The number of nitrogens with one attached hydrogen (secondary N) is 3. The SMILES string of the molecule is CCCCCCCCCCCCCCCCC(C)CCC(C(=O)NCCC[N+](C)(C)CCCC)C(CCCCCCCCCCCCCCCC)CCC(C(=O)NCCC[N+](C)(C)CCCC)C(CCCCCCCCCCCCCCCC)CCC(C)C(=O)NCCC[N+](C)(C)CCC(=O)O. The monoisotopic (exact) mass is 1440 g/mol. The molecule has 0 heterocycles. The zero-order valence-corrected chi connectivity index (χ0v) is 71.5. The van der Waals surface area contributed by atoms with Crippen LogP contribution in [0.1, 0.15) is 427 Å². The Kier molecular flexibility index (Phi) is 67.7. The molecule has 11 heteroatoms. The van der Waals surface area contributed by atoms with Crippen molar-refractivity contribution in [2.75, 3.05) is 101 Å². The molecule has 0 aromatic heterocycles. The Morgan fingerprint density at radius 2 is 0.510 bits per heavy atom. The molecule has 0 aromatic rings. The molecule has 0 rings (SSSR count). The molecule has 0 aliphatic carbocycles. The van der Waals surface area contributed by atoms with Gasteiger partial charge >= 0.3 is 5.97 Å². The van der Waals surface area contributed by atoms with E-state index in [0.717, 1.165) is 125 Å². The van der Waals surface area contributed by atoms with Crippen molar-refractivity contribution in [1.29, 1.82) is 0 Å². The highest BCUT2D eigenvalue weighted by Gasteiger charge is 2.34. The first-order chi connectivity index (χ1) is 49.2. The normalized spacial score (nSPS) is 14.0. The maximum Gasteiger partial charge on any atom is 0.309 e. The number of rotatable bonds is 80. The van der Waals surface area contributed by atoms with Crippen LogP contribution >= 0.6 is 0 Å². The molecular formula is C91H185N6O5+3. The third-order valence-corrected chi connectivity index (χ3v) is 23.8. The lowest BCUT2D eigenvalue weighted by molar-refractivity contribution is -0.890. The second kappa shape index (κ2) is 69.2. The summed E-state index contributed by atoms with van der Waals surface area (Å²) in [6.07, 6.45) is 72.6. The highest BCUT2D eigenvalue weighted by Crippen LogP contribution is 2.37. The van der Waals surface area contributed by atoms with Crippen molar-refractivity contribution in [1.82, 2.24) is 16.0 Å². The van der Waals surface area contributed by atoms with Gasteiger partial charge in [0.05, 0.1) is 88.0 Å². The number of carbonyl (C=O) groups excluding carboxylic acids is 3. The number of carboxylic acid groups (broad SMARTS) is 1. The molecule has 4 N–H and O–H groups in total. The van der Waals surface area contributed by atoms with Gasteiger partial charge in [-0.1, -0.05) is 337 Å². The number of nitrogens with zero attached hydrogens (tertiary/aromatic N) is 3. The Labute approximate surface area is 638 Å². The van der Waals surface area contributed by atoms with E-state index in [1.165, 1.54) is 295 Å². The van der Waals surface area contributed by atoms with Crippen molar-refractivity contribution in [3.05, 3.63) is 0 Å². The number of unbranched alkanes of at least 4 members (excludes halogenated alkanes) is 41. The summed E-state index contributed by atoms with van der Waals surface area (Å²) in [6, 6.07) is 0. The molecule has 0 aromatic carbocycles. The largest absolute Gasteiger partial charge is 0.481 e. The lowest BCUT2D eigenvalue weighted by atomic mass is 9.74. The summed E-state index contributed by atoms with van der Waals surface area (Å²) in [5.41, 5.74) is 0. The van der Waals surface area contributed by atoms with E-state index < -0.39 is 5.97 Å². The maximum atomic E-state index is 15.5. The fourth-order valence-corrected chi connectivity index (χ4v) is 16.2. The van der Waals surface area contributed by atoms with Crippen molar-refractivity contribution in [2.24, 2.45) is 35.5 Å². The molecule has 11 nitrogen and oxygen atoms in total. The predicted octanol–water partition coefficient (Wildman–Crippen LogP) is 24.5. The molecule has 0 fully saturated rings. The van der Waals surface area contributed by atoms with Gasteiger partial charge in [-0.25, -0.2) is 0 Å². The van der Waals surface area contributed by atoms with Gasteiger partial charge in [0.15, 0.2) is 0 Å². The highest BCUT2D eigenvalue weighted by molar-refractivity contribution is 5.80. The Bertz CT molecular complexity index is 1880. The number of quaternary nitrogens is 3. The molecule has 6 atom stereocenters. The van der Waals surface area contributed by atoms with Gasteiger partial charge in [0, 0.05) is 56.7 Å². The molecule has 0 saturated heterocycles. The van der Waals surface area contributed by atoms with Crippen molar-refractivity contribution in [2.45, 2.75) is 427 Å². The first kappa shape index (κ1) is 99.8. The quantitative estimate of drug-likeness (QED) is 0.0357. The third kappa shape index (κ3) is 62.8. The zero-order chi connectivity index (χ0) is 75.5. The average Bonchev–Trinajstić information content (AvgIpc) is 0.863. The standard InChI is InChI=1S/C91H182N6O5/c1-14-19-24-27-30-33-36-39-42-45-48-51-54-57-63-82(6)66-70-86(90(101)93-74-61-78-95(8,9)76-22-17-4)85(65-59-56-53-50-47-44-41-38-35-32-29-26-21-16-3)69-71-87(91(102)94-75-62-79-96(10,11)77-23-18-5)84(64-58-55-52-49-46-43-40-37-34-31-28-25-20-15-2)68-67-83(7)89(100)92-73-60-80-97(12,13)81-72-88(98)99/h82-87H,14-81H2,1-13H3,(H-3,92,93,94,98,99,100,101,102)/p+3. The summed E-state index contributed by atoms with van der Waals surface area (Å²) in [5, 5.41) is 19.8. The summed E-state index contributed by atoms with van der Waals surface area (Å²) < 4.78 is 2.57. The van der Waals surface area contributed by atoms with Crippen LogP contribution in [0.3, 0.4) is 0 Å². The van der Waals surface area contributed by atoms with Crippen LogP contribution in [0.4, 0.5) is 0 Å². The fraction of sp³-hybridized carbons (Fsp3) is 0.956. The summed E-state index contributed by atoms with van der Waals surface area (Å²) in [6.45, 7) is 23.8. The minimum atomic E-state index is -0.771. The van der Waals surface area contributed by atoms with E-state index in [0.29, 0.717) is 30.0 Å². The maximum absolute atomic E-state index is 15.5. The van der Waals surface area contributed by atoms with Crippen LogP contribution in [0.2, 0.25) is 0 Å². The van der Waals surface area contributed by atoms with Crippen LogP contribution in [-0.4, -0.2) is 143 Å². The van der Waals surface area contributed by atoms with E-state index in [-0.39, 0.29) is 53.7 Å². The van der Waals surface area contributed by atoms with E-state index in [9.17, 15) is 14.7 Å². The molecular weight excluding hydrogens is 1260 g/mol. The van der Waals surface area contributed by atoms with Crippen LogP contribution in [0.5, 0.6) is 0 Å². The van der Waals surface area contributed by atoms with Crippen LogP contribution in [0.25, 0.3) is 0 Å². The number of carbonyl (C=O) groups is 4. The number of hydrogen-bond donors (Lipinski definition) is 4. The summed E-state index contributed by atoms with van der Waals surface area (Å²) in [5.74, 6) is 0.259. The molecule has 0 aliphatic heterocycles. The van der Waals surface area contributed by atoms with E-state index in [2.05, 4.69) is 107 Å². The van der Waals surface area contributed by atoms with Gasteiger partial charge in [-0.2, -0.15) is 0 Å². The van der Waals surface area contributed by atoms with Gasteiger partial charge in [0.2, 0.25) is 17.7 Å². The molecule has 0 saturated carbocycles. The summed E-state index contributed by atoms with van der Waals surface area (Å²) >= 11 is 0. The predicted molar refractivity (Wildman–Crippen MR) is 445 cm³/mol. The molecule has 102 heavy (non-hydrogen) atoms. The van der Waals surface area contributed by atoms with Crippen molar-refractivity contribution in [3.8, 4) is 0 Å². The van der Waals surface area contributed by atoms with Gasteiger partial charge in [-0.3, -0.25) is 19.2 Å². The first-order valence-electron chi connectivity index (χ1n) is 45.7. The minimum Gasteiger partial charge on any atom is -0.481 e.